The molecule has 0 aliphatic carbocycles. The van der Waals surface area contributed by atoms with Gasteiger partial charge in [0.25, 0.3) is 0 Å². The highest BCUT2D eigenvalue weighted by molar-refractivity contribution is 6.37. The number of ketones is 1. The summed E-state index contributed by atoms with van der Waals surface area (Å²) in [7, 11) is 0. The van der Waals surface area contributed by atoms with Gasteiger partial charge in [-0.3, -0.25) is 9.59 Å². The second kappa shape index (κ2) is 8.68. The molecule has 0 bridgehead atoms. The van der Waals surface area contributed by atoms with E-state index in [0.717, 1.165) is 0 Å². The van der Waals surface area contributed by atoms with Gasteiger partial charge in [-0.05, 0) is 36.2 Å². The van der Waals surface area contributed by atoms with Gasteiger partial charge < -0.3 is 15.4 Å². The van der Waals surface area contributed by atoms with Crippen molar-refractivity contribution >= 4 is 69.0 Å². The van der Waals surface area contributed by atoms with Crippen molar-refractivity contribution in [3.8, 4) is 0 Å². The molecule has 0 atom stereocenters. The van der Waals surface area contributed by atoms with E-state index in [9.17, 15) is 19.5 Å². The van der Waals surface area contributed by atoms with Gasteiger partial charge in [-0.15, -0.1) is 0 Å². The number of pyridine rings is 1. The molecule has 0 aliphatic rings. The van der Waals surface area contributed by atoms with E-state index >= 15 is 0 Å². The standard InChI is InChI=1S/C21H17Cl3N2O4/c1-9(2)7-15(27)17-19(28)16-11(21(29)30)4-5-12(23)18(16)26-20(17)25-14-6-3-10(22)8-13(14)24/h3-6,8-9H,7H2,1-2H3,(H,29,30)(H2,25,26,28). The lowest BCUT2D eigenvalue weighted by Crippen LogP contribution is -2.22. The van der Waals surface area contributed by atoms with E-state index in [2.05, 4.69) is 10.3 Å². The third-order valence-electron chi connectivity index (χ3n) is 4.40. The molecule has 156 valence electrons. The van der Waals surface area contributed by atoms with Gasteiger partial charge in [-0.2, -0.15) is 0 Å². The highest BCUT2D eigenvalue weighted by Gasteiger charge is 2.24. The molecule has 0 saturated carbocycles. The number of aromatic amines is 1. The fraction of sp³-hybridized carbons (Fsp3) is 0.190. The maximum absolute atomic E-state index is 13.3. The van der Waals surface area contributed by atoms with Crippen LogP contribution in [0.3, 0.4) is 0 Å². The molecule has 0 unspecified atom stereocenters. The quantitative estimate of drug-likeness (QED) is 0.377. The first-order valence-corrected chi connectivity index (χ1v) is 10.1. The van der Waals surface area contributed by atoms with E-state index in [4.69, 9.17) is 34.8 Å². The topological polar surface area (TPSA) is 99.3 Å². The number of halogens is 3. The number of hydrogen-bond acceptors (Lipinski definition) is 4. The van der Waals surface area contributed by atoms with Crippen LogP contribution >= 0.6 is 34.8 Å². The van der Waals surface area contributed by atoms with Crippen molar-refractivity contribution in [1.29, 1.82) is 0 Å². The van der Waals surface area contributed by atoms with E-state index in [1.165, 1.54) is 18.2 Å². The molecule has 0 spiro atoms. The van der Waals surface area contributed by atoms with E-state index in [0.29, 0.717) is 10.7 Å². The van der Waals surface area contributed by atoms with Crippen molar-refractivity contribution in [2.45, 2.75) is 20.3 Å². The van der Waals surface area contributed by atoms with Crippen LogP contribution in [0, 0.1) is 5.92 Å². The first-order chi connectivity index (χ1) is 14.1. The number of hydrogen-bond donors (Lipinski definition) is 3. The number of nitrogens with one attached hydrogen (secondary N) is 2. The summed E-state index contributed by atoms with van der Waals surface area (Å²) in [6.45, 7) is 3.69. The summed E-state index contributed by atoms with van der Waals surface area (Å²) in [5, 5.41) is 13.1. The summed E-state index contributed by atoms with van der Waals surface area (Å²) in [5.74, 6) is -1.67. The number of aromatic carboxylic acids is 1. The maximum Gasteiger partial charge on any atom is 0.336 e. The van der Waals surface area contributed by atoms with E-state index in [1.807, 2.05) is 13.8 Å². The number of fused-ring (bicyclic) bond motifs is 1. The lowest BCUT2D eigenvalue weighted by molar-refractivity contribution is 0.0698. The van der Waals surface area contributed by atoms with Gasteiger partial charge in [-0.25, -0.2) is 4.79 Å². The summed E-state index contributed by atoms with van der Waals surface area (Å²) in [6.07, 6.45) is 0.0978. The second-order valence-corrected chi connectivity index (χ2v) is 8.38. The Hall–Kier alpha value is -2.54. The maximum atomic E-state index is 13.3. The van der Waals surface area contributed by atoms with Crippen molar-refractivity contribution in [3.05, 3.63) is 66.7 Å². The van der Waals surface area contributed by atoms with Gasteiger partial charge in [-0.1, -0.05) is 48.7 Å². The van der Waals surface area contributed by atoms with Crippen molar-refractivity contribution in [2.24, 2.45) is 5.92 Å². The number of carbonyl (C=O) groups is 2. The SMILES string of the molecule is CC(C)CC(=O)c1c(Nc2ccc(Cl)cc2Cl)[nH]c2c(Cl)ccc(C(=O)O)c2c1=O. The second-order valence-electron chi connectivity index (χ2n) is 7.12. The third-order valence-corrected chi connectivity index (χ3v) is 5.27. The minimum absolute atomic E-state index is 0.0159. The molecule has 0 fully saturated rings. The van der Waals surface area contributed by atoms with Crippen LogP contribution in [0.25, 0.3) is 10.9 Å². The average molecular weight is 468 g/mol. The van der Waals surface area contributed by atoms with Crippen molar-refractivity contribution in [2.75, 3.05) is 5.32 Å². The highest BCUT2D eigenvalue weighted by Crippen LogP contribution is 2.31. The lowest BCUT2D eigenvalue weighted by Gasteiger charge is -2.16. The number of anilines is 2. The van der Waals surface area contributed by atoms with Crippen LogP contribution in [0.1, 0.15) is 41.0 Å². The van der Waals surface area contributed by atoms with Crippen LogP contribution in [0.4, 0.5) is 11.5 Å². The average Bonchev–Trinajstić information content (AvgIpc) is 2.64. The number of H-pyrrole nitrogens is 1. The molecular weight excluding hydrogens is 451 g/mol. The molecule has 6 nitrogen and oxygen atoms in total. The molecule has 2 aromatic carbocycles. The number of Topliss-reactive ketones (excluding diaryl/α,β-unsaturated/α-hetero) is 1. The zero-order valence-corrected chi connectivity index (χ0v) is 18.2. The Kier molecular flexibility index (Phi) is 6.41. The molecule has 1 heterocycles. The summed E-state index contributed by atoms with van der Waals surface area (Å²) < 4.78 is 0. The Morgan fingerprint density at radius 3 is 2.40 bits per heavy atom. The number of aromatic nitrogens is 1. The molecule has 0 amide bonds. The smallest absolute Gasteiger partial charge is 0.336 e. The van der Waals surface area contributed by atoms with Crippen LogP contribution in [0.15, 0.2) is 35.1 Å². The number of carbonyl (C=O) groups excluding carboxylic acids is 1. The third kappa shape index (κ3) is 4.31. The Bertz CT molecular complexity index is 1240. The van der Waals surface area contributed by atoms with Crippen molar-refractivity contribution < 1.29 is 14.7 Å². The Morgan fingerprint density at radius 1 is 1.10 bits per heavy atom. The predicted molar refractivity (Wildman–Crippen MR) is 120 cm³/mol. The molecule has 0 aliphatic heterocycles. The predicted octanol–water partition coefficient (Wildman–Crippen LogP) is 6.16. The monoisotopic (exact) mass is 466 g/mol. The molecular formula is C21H17Cl3N2O4. The van der Waals surface area contributed by atoms with Crippen LogP contribution in [0.5, 0.6) is 0 Å². The lowest BCUT2D eigenvalue weighted by atomic mass is 9.98. The zero-order valence-electron chi connectivity index (χ0n) is 16.0. The molecule has 3 aromatic rings. The van der Waals surface area contributed by atoms with Crippen LogP contribution in [0.2, 0.25) is 15.1 Å². The van der Waals surface area contributed by atoms with Gasteiger partial charge in [0.05, 0.1) is 32.2 Å². The zero-order chi connectivity index (χ0) is 22.2. The summed E-state index contributed by atoms with van der Waals surface area (Å²) in [6, 6.07) is 7.31. The molecule has 0 radical (unpaired) electrons. The van der Waals surface area contributed by atoms with Crippen LogP contribution in [-0.4, -0.2) is 21.8 Å². The van der Waals surface area contributed by atoms with Gasteiger partial charge in [0, 0.05) is 11.4 Å². The highest BCUT2D eigenvalue weighted by atomic mass is 35.5. The molecule has 30 heavy (non-hydrogen) atoms. The number of carboxylic acids is 1. The van der Waals surface area contributed by atoms with E-state index in [1.54, 1.807) is 12.1 Å². The Labute approximate surface area is 186 Å². The Morgan fingerprint density at radius 2 is 1.80 bits per heavy atom. The fourth-order valence-electron chi connectivity index (χ4n) is 3.10. The molecule has 3 N–H and O–H groups in total. The van der Waals surface area contributed by atoms with E-state index in [-0.39, 0.29) is 50.2 Å². The summed E-state index contributed by atoms with van der Waals surface area (Å²) >= 11 is 18.4. The van der Waals surface area contributed by atoms with Crippen molar-refractivity contribution in [1.82, 2.24) is 4.98 Å². The minimum Gasteiger partial charge on any atom is -0.478 e. The minimum atomic E-state index is -1.30. The largest absolute Gasteiger partial charge is 0.478 e. The molecule has 9 heteroatoms. The van der Waals surface area contributed by atoms with Gasteiger partial charge in [0.2, 0.25) is 5.43 Å². The van der Waals surface area contributed by atoms with Gasteiger partial charge >= 0.3 is 5.97 Å². The molecule has 3 rings (SSSR count). The normalized spacial score (nSPS) is 11.1. The fourth-order valence-corrected chi connectivity index (χ4v) is 3.76. The number of carboxylic acid groups (broad SMARTS) is 1. The molecule has 1 aromatic heterocycles. The van der Waals surface area contributed by atoms with Crippen molar-refractivity contribution in [3.63, 3.8) is 0 Å². The van der Waals surface area contributed by atoms with Gasteiger partial charge in [0.15, 0.2) is 5.78 Å². The summed E-state index contributed by atoms with van der Waals surface area (Å²) in [5.41, 5.74) is -0.644. The Balaban J connectivity index is 2.34. The number of benzene rings is 2. The van der Waals surface area contributed by atoms with Gasteiger partial charge in [0.1, 0.15) is 11.4 Å². The first kappa shape index (κ1) is 22.2. The van der Waals surface area contributed by atoms with Crippen LogP contribution < -0.4 is 10.7 Å². The number of rotatable bonds is 6. The van der Waals surface area contributed by atoms with Crippen LogP contribution in [-0.2, 0) is 0 Å². The van der Waals surface area contributed by atoms with E-state index < -0.39 is 17.2 Å². The first-order valence-electron chi connectivity index (χ1n) is 8.97. The molecule has 0 saturated heterocycles. The summed E-state index contributed by atoms with van der Waals surface area (Å²) in [4.78, 5) is 40.9.